The maximum Gasteiger partial charge on any atom is 0.420 e. The first-order valence-electron chi connectivity index (χ1n) is 9.40. The lowest BCUT2D eigenvalue weighted by molar-refractivity contribution is -0.122. The van der Waals surface area contributed by atoms with Gasteiger partial charge in [-0.1, -0.05) is 12.1 Å². The molecule has 0 unspecified atom stereocenters. The van der Waals surface area contributed by atoms with Gasteiger partial charge in [0.25, 0.3) is 0 Å². The summed E-state index contributed by atoms with van der Waals surface area (Å²) in [4.78, 5) is 27.0. The second-order valence-corrected chi connectivity index (χ2v) is 8.37. The van der Waals surface area contributed by atoms with Crippen LogP contribution in [0.3, 0.4) is 0 Å². The summed E-state index contributed by atoms with van der Waals surface area (Å²) in [5.74, 6) is 1.95. The van der Waals surface area contributed by atoms with E-state index in [0.29, 0.717) is 11.1 Å². The van der Waals surface area contributed by atoms with Crippen molar-refractivity contribution in [2.24, 2.45) is 0 Å². The quantitative estimate of drug-likeness (QED) is 0.886. The lowest BCUT2D eigenvalue weighted by Crippen LogP contribution is -2.49. The fourth-order valence-corrected chi connectivity index (χ4v) is 5.12. The second-order valence-electron chi connectivity index (χ2n) is 7.14. The van der Waals surface area contributed by atoms with Crippen molar-refractivity contribution in [3.63, 3.8) is 0 Å². The number of likely N-dealkylation sites (tertiary alicyclic amines) is 1. The van der Waals surface area contributed by atoms with Crippen molar-refractivity contribution < 1.29 is 9.21 Å². The minimum atomic E-state index is -0.480. The molecule has 0 atom stereocenters. The highest BCUT2D eigenvalue weighted by Crippen LogP contribution is 2.24. The van der Waals surface area contributed by atoms with Crippen molar-refractivity contribution in [1.29, 1.82) is 0 Å². The van der Waals surface area contributed by atoms with Crippen LogP contribution in [0.2, 0.25) is 0 Å². The summed E-state index contributed by atoms with van der Waals surface area (Å²) in [5, 5.41) is 3.10. The Kier molecular flexibility index (Phi) is 5.36. The number of oxazole rings is 1. The molecule has 2 saturated heterocycles. The van der Waals surface area contributed by atoms with Crippen molar-refractivity contribution in [3.8, 4) is 0 Å². The normalized spacial score (nSPS) is 20.5. The van der Waals surface area contributed by atoms with Gasteiger partial charge in [-0.2, -0.15) is 11.8 Å². The molecule has 0 spiro atoms. The van der Waals surface area contributed by atoms with Gasteiger partial charge < -0.3 is 14.6 Å². The first-order chi connectivity index (χ1) is 12.7. The Labute approximate surface area is 156 Å². The number of rotatable bonds is 4. The number of fused-ring (bicyclic) bond motifs is 1. The van der Waals surface area contributed by atoms with Crippen LogP contribution in [0.25, 0.3) is 11.1 Å². The maximum atomic E-state index is 12.4. The van der Waals surface area contributed by atoms with Crippen LogP contribution in [0.15, 0.2) is 33.5 Å². The molecule has 6 nitrogen and oxygen atoms in total. The molecule has 0 saturated carbocycles. The number of para-hydroxylation sites is 2. The van der Waals surface area contributed by atoms with Crippen LogP contribution in [0, 0.1) is 0 Å². The molecule has 0 bridgehead atoms. The Balaban J connectivity index is 1.31. The average molecular weight is 375 g/mol. The van der Waals surface area contributed by atoms with E-state index in [9.17, 15) is 9.59 Å². The number of aromatic nitrogens is 1. The first kappa shape index (κ1) is 17.7. The smallest absolute Gasteiger partial charge is 0.408 e. The molecule has 1 amide bonds. The Morgan fingerprint density at radius 3 is 2.65 bits per heavy atom. The van der Waals surface area contributed by atoms with Crippen molar-refractivity contribution in [2.75, 3.05) is 24.6 Å². The number of thioether (sulfide) groups is 1. The number of carbonyl (C=O) groups is 1. The number of nitrogens with one attached hydrogen (secondary N) is 1. The third-order valence-corrected chi connectivity index (χ3v) is 6.53. The second kappa shape index (κ2) is 7.88. The number of nitrogens with zero attached hydrogens (tertiary/aromatic N) is 2. The highest BCUT2D eigenvalue weighted by Gasteiger charge is 2.27. The monoisotopic (exact) mass is 375 g/mol. The molecule has 1 aromatic carbocycles. The predicted octanol–water partition coefficient (Wildman–Crippen LogP) is 2.07. The molecule has 1 N–H and O–H groups in total. The number of amides is 1. The van der Waals surface area contributed by atoms with Crippen LogP contribution in [0.1, 0.15) is 25.7 Å². The molecule has 0 radical (unpaired) electrons. The Hall–Kier alpha value is -1.73. The Morgan fingerprint density at radius 1 is 1.15 bits per heavy atom. The minimum Gasteiger partial charge on any atom is -0.408 e. The van der Waals surface area contributed by atoms with Gasteiger partial charge in [0.2, 0.25) is 5.91 Å². The topological polar surface area (TPSA) is 67.5 Å². The molecule has 2 aromatic rings. The van der Waals surface area contributed by atoms with Crippen LogP contribution < -0.4 is 11.1 Å². The van der Waals surface area contributed by atoms with E-state index < -0.39 is 5.76 Å². The summed E-state index contributed by atoms with van der Waals surface area (Å²) in [6.45, 7) is 2.11. The molecule has 140 valence electrons. The Morgan fingerprint density at radius 2 is 1.88 bits per heavy atom. The largest absolute Gasteiger partial charge is 0.420 e. The molecular formula is C19H25N3O3S. The minimum absolute atomic E-state index is 0.00983. The number of hydrogen-bond donors (Lipinski definition) is 1. The van der Waals surface area contributed by atoms with Gasteiger partial charge in [-0.3, -0.25) is 9.36 Å². The van der Waals surface area contributed by atoms with E-state index >= 15 is 0 Å². The fourth-order valence-electron chi connectivity index (χ4n) is 4.04. The van der Waals surface area contributed by atoms with Crippen molar-refractivity contribution in [2.45, 2.75) is 44.3 Å². The van der Waals surface area contributed by atoms with E-state index in [2.05, 4.69) is 22.0 Å². The lowest BCUT2D eigenvalue weighted by atomic mass is 10.0. The molecule has 1 aromatic heterocycles. The molecule has 2 aliphatic heterocycles. The zero-order valence-corrected chi connectivity index (χ0v) is 15.7. The van der Waals surface area contributed by atoms with E-state index in [1.54, 1.807) is 12.1 Å². The summed E-state index contributed by atoms with van der Waals surface area (Å²) in [5.41, 5.74) is 1.18. The van der Waals surface area contributed by atoms with Gasteiger partial charge in [-0.05, 0) is 49.3 Å². The Bertz CT molecular complexity index is 817. The summed E-state index contributed by atoms with van der Waals surface area (Å²) in [7, 11) is 0. The van der Waals surface area contributed by atoms with Crippen LogP contribution >= 0.6 is 11.8 Å². The number of hydrogen-bond acceptors (Lipinski definition) is 5. The van der Waals surface area contributed by atoms with Crippen LogP contribution in [-0.2, 0) is 11.3 Å². The fraction of sp³-hybridized carbons (Fsp3) is 0.579. The molecule has 26 heavy (non-hydrogen) atoms. The molecule has 2 fully saturated rings. The van der Waals surface area contributed by atoms with Gasteiger partial charge >= 0.3 is 5.76 Å². The zero-order valence-electron chi connectivity index (χ0n) is 14.9. The molecule has 7 heteroatoms. The van der Waals surface area contributed by atoms with E-state index in [4.69, 9.17) is 4.42 Å². The van der Waals surface area contributed by atoms with E-state index in [1.165, 1.54) is 28.9 Å². The SMILES string of the molecule is O=C(Cn1c(=O)oc2ccccc21)NC1CCN(C2CCSCC2)CC1. The highest BCUT2D eigenvalue weighted by molar-refractivity contribution is 7.99. The van der Waals surface area contributed by atoms with E-state index in [1.807, 2.05) is 12.1 Å². The molecule has 4 rings (SSSR count). The third-order valence-electron chi connectivity index (χ3n) is 5.48. The summed E-state index contributed by atoms with van der Waals surface area (Å²) < 4.78 is 6.59. The number of piperidine rings is 1. The van der Waals surface area contributed by atoms with Crippen LogP contribution in [0.4, 0.5) is 0 Å². The van der Waals surface area contributed by atoms with E-state index in [0.717, 1.165) is 32.0 Å². The van der Waals surface area contributed by atoms with Crippen LogP contribution in [0.5, 0.6) is 0 Å². The molecule has 2 aliphatic rings. The van der Waals surface area contributed by atoms with E-state index in [-0.39, 0.29) is 18.5 Å². The van der Waals surface area contributed by atoms with Gasteiger partial charge in [-0.15, -0.1) is 0 Å². The number of benzene rings is 1. The molecule has 0 aliphatic carbocycles. The first-order valence-corrected chi connectivity index (χ1v) is 10.6. The molecular weight excluding hydrogens is 350 g/mol. The van der Waals surface area contributed by atoms with Crippen molar-refractivity contribution in [3.05, 3.63) is 34.8 Å². The summed E-state index contributed by atoms with van der Waals surface area (Å²) >= 11 is 2.06. The van der Waals surface area contributed by atoms with Crippen molar-refractivity contribution >= 4 is 28.8 Å². The number of carbonyl (C=O) groups excluding carboxylic acids is 1. The summed E-state index contributed by atoms with van der Waals surface area (Å²) in [6.07, 6.45) is 4.54. The van der Waals surface area contributed by atoms with Gasteiger partial charge in [0, 0.05) is 25.2 Å². The zero-order chi connectivity index (χ0) is 17.9. The van der Waals surface area contributed by atoms with Crippen LogP contribution in [-0.4, -0.2) is 52.1 Å². The highest BCUT2D eigenvalue weighted by atomic mass is 32.2. The van der Waals surface area contributed by atoms with Gasteiger partial charge in [0.1, 0.15) is 6.54 Å². The average Bonchev–Trinajstić information content (AvgIpc) is 2.98. The summed E-state index contributed by atoms with van der Waals surface area (Å²) in [6, 6.07) is 8.12. The van der Waals surface area contributed by atoms with Gasteiger partial charge in [-0.25, -0.2) is 4.79 Å². The van der Waals surface area contributed by atoms with Gasteiger partial charge in [0.05, 0.1) is 5.52 Å². The third kappa shape index (κ3) is 3.83. The molecule has 3 heterocycles. The predicted molar refractivity (Wildman–Crippen MR) is 104 cm³/mol. The van der Waals surface area contributed by atoms with Crippen molar-refractivity contribution in [1.82, 2.24) is 14.8 Å². The lowest BCUT2D eigenvalue weighted by Gasteiger charge is -2.39. The standard InChI is InChI=1S/C19H25N3O3S/c23-18(13-22-16-3-1-2-4-17(16)25-19(22)24)20-14-5-9-21(10-6-14)15-7-11-26-12-8-15/h1-4,14-15H,5-13H2,(H,20,23). The maximum absolute atomic E-state index is 12.4. The van der Waals surface area contributed by atoms with Gasteiger partial charge in [0.15, 0.2) is 5.58 Å².